The van der Waals surface area contributed by atoms with Gasteiger partial charge in [-0.05, 0) is 12.1 Å². The van der Waals surface area contributed by atoms with Crippen molar-refractivity contribution in [2.45, 2.75) is 6.42 Å². The van der Waals surface area contributed by atoms with Gasteiger partial charge in [0.2, 0.25) is 0 Å². The Labute approximate surface area is 86.5 Å². The average Bonchev–Trinajstić information content (AvgIpc) is 2.22. The van der Waals surface area contributed by atoms with Crippen LogP contribution in [0, 0.1) is 23.5 Å². The van der Waals surface area contributed by atoms with Gasteiger partial charge in [-0.3, -0.25) is 0 Å². The third-order valence-electron chi connectivity index (χ3n) is 1.71. The summed E-state index contributed by atoms with van der Waals surface area (Å²) in [6.07, 6.45) is 0.249. The van der Waals surface area contributed by atoms with Crippen LogP contribution in [0.2, 0.25) is 0 Å². The molecular weight excluding hydrogens is 202 g/mol. The number of aliphatic hydroxyl groups excluding tert-OH is 1. The normalized spacial score (nSPS) is 9.33. The zero-order valence-corrected chi connectivity index (χ0v) is 8.18. The van der Waals surface area contributed by atoms with Gasteiger partial charge >= 0.3 is 0 Å². The predicted molar refractivity (Wildman–Crippen MR) is 51.5 cm³/mol. The Kier molecular flexibility index (Phi) is 4.07. The van der Waals surface area contributed by atoms with E-state index in [-0.39, 0.29) is 18.6 Å². The molecule has 1 aromatic carbocycles. The first kappa shape index (κ1) is 11.5. The molecule has 0 aliphatic rings. The highest BCUT2D eigenvalue weighted by molar-refractivity contribution is 5.42. The standard InChI is InChI=1S/C11H10F2O2/c1-15-11-9(12)6-5-8(10(11)13)4-2-3-7-14/h5-6,14H,3,7H2,1H3. The largest absolute Gasteiger partial charge is 0.491 e. The van der Waals surface area contributed by atoms with E-state index in [2.05, 4.69) is 16.6 Å². The number of hydrogen-bond acceptors (Lipinski definition) is 2. The van der Waals surface area contributed by atoms with Crippen molar-refractivity contribution in [1.29, 1.82) is 0 Å². The Bertz CT molecular complexity index is 405. The number of ether oxygens (including phenoxy) is 1. The highest BCUT2D eigenvalue weighted by Gasteiger charge is 2.12. The molecule has 0 radical (unpaired) electrons. The molecule has 0 saturated carbocycles. The Balaban J connectivity index is 3.07. The molecule has 0 spiro atoms. The van der Waals surface area contributed by atoms with E-state index in [0.717, 1.165) is 6.07 Å². The third kappa shape index (κ3) is 2.67. The van der Waals surface area contributed by atoms with E-state index in [1.165, 1.54) is 13.2 Å². The smallest absolute Gasteiger partial charge is 0.191 e. The van der Waals surface area contributed by atoms with Crippen LogP contribution in [0.1, 0.15) is 12.0 Å². The zero-order chi connectivity index (χ0) is 11.3. The minimum Gasteiger partial charge on any atom is -0.491 e. The van der Waals surface area contributed by atoms with Crippen molar-refractivity contribution in [2.24, 2.45) is 0 Å². The quantitative estimate of drug-likeness (QED) is 0.756. The molecule has 0 amide bonds. The number of rotatable bonds is 2. The van der Waals surface area contributed by atoms with Gasteiger partial charge in [0.05, 0.1) is 19.3 Å². The van der Waals surface area contributed by atoms with Crippen molar-refractivity contribution in [2.75, 3.05) is 13.7 Å². The molecular formula is C11H10F2O2. The van der Waals surface area contributed by atoms with Crippen molar-refractivity contribution < 1.29 is 18.6 Å². The van der Waals surface area contributed by atoms with Crippen LogP contribution in [0.3, 0.4) is 0 Å². The summed E-state index contributed by atoms with van der Waals surface area (Å²) in [7, 11) is 1.19. The second kappa shape index (κ2) is 5.32. The van der Waals surface area contributed by atoms with E-state index < -0.39 is 17.4 Å². The van der Waals surface area contributed by atoms with E-state index in [0.29, 0.717) is 0 Å². The van der Waals surface area contributed by atoms with E-state index in [1.54, 1.807) is 0 Å². The summed E-state index contributed by atoms with van der Waals surface area (Å²) in [5.74, 6) is 3.01. The lowest BCUT2D eigenvalue weighted by Gasteiger charge is -2.03. The summed E-state index contributed by atoms with van der Waals surface area (Å²) in [5, 5.41) is 8.48. The van der Waals surface area contributed by atoms with E-state index >= 15 is 0 Å². The minimum absolute atomic E-state index is 0.0571. The fourth-order valence-electron chi connectivity index (χ4n) is 1.03. The predicted octanol–water partition coefficient (Wildman–Crippen LogP) is 1.71. The van der Waals surface area contributed by atoms with Crippen LogP contribution in [-0.2, 0) is 0 Å². The molecule has 4 heteroatoms. The van der Waals surface area contributed by atoms with E-state index in [1.807, 2.05) is 0 Å². The van der Waals surface area contributed by atoms with Crippen LogP contribution in [0.5, 0.6) is 5.75 Å². The maximum absolute atomic E-state index is 13.4. The molecule has 0 aliphatic heterocycles. The molecule has 0 unspecified atom stereocenters. The number of hydrogen-bond donors (Lipinski definition) is 1. The van der Waals surface area contributed by atoms with Gasteiger partial charge in [0.15, 0.2) is 17.4 Å². The molecule has 0 aliphatic carbocycles. The van der Waals surface area contributed by atoms with Crippen molar-refractivity contribution in [3.63, 3.8) is 0 Å². The first-order chi connectivity index (χ1) is 7.20. The van der Waals surface area contributed by atoms with Crippen molar-refractivity contribution in [3.8, 4) is 17.6 Å². The lowest BCUT2D eigenvalue weighted by atomic mass is 10.2. The lowest BCUT2D eigenvalue weighted by molar-refractivity contribution is 0.305. The minimum atomic E-state index is -0.817. The zero-order valence-electron chi connectivity index (χ0n) is 8.18. The van der Waals surface area contributed by atoms with Gasteiger partial charge < -0.3 is 9.84 Å². The Morgan fingerprint density at radius 3 is 2.73 bits per heavy atom. The van der Waals surface area contributed by atoms with Crippen LogP contribution < -0.4 is 4.74 Å². The highest BCUT2D eigenvalue weighted by atomic mass is 19.1. The molecule has 1 rings (SSSR count). The summed E-state index contributed by atoms with van der Waals surface area (Å²) in [5.41, 5.74) is 0.0571. The molecule has 0 saturated heterocycles. The van der Waals surface area contributed by atoms with Crippen molar-refractivity contribution in [1.82, 2.24) is 0 Å². The summed E-state index contributed by atoms with van der Waals surface area (Å²) < 4.78 is 31.0. The maximum Gasteiger partial charge on any atom is 0.191 e. The molecule has 15 heavy (non-hydrogen) atoms. The number of aliphatic hydroxyl groups is 1. The van der Waals surface area contributed by atoms with Gasteiger partial charge in [-0.25, -0.2) is 8.78 Å². The van der Waals surface area contributed by atoms with Gasteiger partial charge in [0.1, 0.15) is 0 Å². The first-order valence-electron chi connectivity index (χ1n) is 4.32. The maximum atomic E-state index is 13.4. The van der Waals surface area contributed by atoms with Crippen molar-refractivity contribution >= 4 is 0 Å². The van der Waals surface area contributed by atoms with Crippen LogP contribution in [0.4, 0.5) is 8.78 Å². The van der Waals surface area contributed by atoms with Crippen LogP contribution >= 0.6 is 0 Å². The molecule has 0 fully saturated rings. The molecule has 0 aromatic heterocycles. The highest BCUT2D eigenvalue weighted by Crippen LogP contribution is 2.23. The number of halogens is 2. The summed E-state index contributed by atoms with van der Waals surface area (Å²) in [6, 6.07) is 2.32. The molecule has 0 atom stereocenters. The molecule has 0 bridgehead atoms. The first-order valence-corrected chi connectivity index (χ1v) is 4.32. The lowest BCUT2D eigenvalue weighted by Crippen LogP contribution is -1.95. The average molecular weight is 212 g/mol. The van der Waals surface area contributed by atoms with Crippen LogP contribution in [-0.4, -0.2) is 18.8 Å². The van der Waals surface area contributed by atoms with Gasteiger partial charge in [-0.15, -0.1) is 0 Å². The summed E-state index contributed by atoms with van der Waals surface area (Å²) >= 11 is 0. The van der Waals surface area contributed by atoms with Gasteiger partial charge in [-0.2, -0.15) is 0 Å². The molecule has 80 valence electrons. The fourth-order valence-corrected chi connectivity index (χ4v) is 1.03. The summed E-state index contributed by atoms with van der Waals surface area (Å²) in [6.45, 7) is -0.0903. The molecule has 0 heterocycles. The molecule has 1 aromatic rings. The Morgan fingerprint density at radius 1 is 1.40 bits per heavy atom. The topological polar surface area (TPSA) is 29.5 Å². The monoisotopic (exact) mass is 212 g/mol. The number of methoxy groups -OCH3 is 1. The third-order valence-corrected chi connectivity index (χ3v) is 1.71. The van der Waals surface area contributed by atoms with Crippen LogP contribution in [0.15, 0.2) is 12.1 Å². The fraction of sp³-hybridized carbons (Fsp3) is 0.273. The van der Waals surface area contributed by atoms with Gasteiger partial charge in [0, 0.05) is 6.42 Å². The Hall–Kier alpha value is -1.60. The van der Waals surface area contributed by atoms with Crippen LogP contribution in [0.25, 0.3) is 0 Å². The second-order valence-corrected chi connectivity index (χ2v) is 2.72. The SMILES string of the molecule is COc1c(F)ccc(C#CCCO)c1F. The van der Waals surface area contributed by atoms with Gasteiger partial charge in [-0.1, -0.05) is 11.8 Å². The van der Waals surface area contributed by atoms with Gasteiger partial charge in [0.25, 0.3) is 0 Å². The molecule has 1 N–H and O–H groups in total. The van der Waals surface area contributed by atoms with Crippen molar-refractivity contribution in [3.05, 3.63) is 29.3 Å². The van der Waals surface area contributed by atoms with E-state index in [4.69, 9.17) is 5.11 Å². The molecule has 2 nitrogen and oxygen atoms in total. The second-order valence-electron chi connectivity index (χ2n) is 2.72. The van der Waals surface area contributed by atoms with E-state index in [9.17, 15) is 8.78 Å². The Morgan fingerprint density at radius 2 is 2.13 bits per heavy atom. The number of benzene rings is 1. The summed E-state index contributed by atoms with van der Waals surface area (Å²) in [4.78, 5) is 0.